The fourth-order valence-electron chi connectivity index (χ4n) is 3.12. The Morgan fingerprint density at radius 1 is 1.21 bits per heavy atom. The Morgan fingerprint density at radius 2 is 1.93 bits per heavy atom. The van der Waals surface area contributed by atoms with Gasteiger partial charge in [0.05, 0.1) is 18.1 Å². The van der Waals surface area contributed by atoms with Crippen LogP contribution in [0.25, 0.3) is 11.2 Å². The summed E-state index contributed by atoms with van der Waals surface area (Å²) >= 11 is 6.22. The zero-order chi connectivity index (χ0) is 21.0. The molecule has 9 heteroatoms. The number of ether oxygens (including phenoxy) is 1. The molecule has 4 N–H and O–H groups in total. The zero-order valence-corrected chi connectivity index (χ0v) is 17.0. The van der Waals surface area contributed by atoms with Gasteiger partial charge < -0.3 is 25.4 Å². The summed E-state index contributed by atoms with van der Waals surface area (Å²) in [5.41, 5.74) is 2.75. The van der Waals surface area contributed by atoms with Crippen molar-refractivity contribution in [3.8, 4) is 0 Å². The Hall–Kier alpha value is -2.23. The average molecular weight is 421 g/mol. The van der Waals surface area contributed by atoms with Gasteiger partial charge in [0.2, 0.25) is 0 Å². The molecule has 0 bridgehead atoms. The molecule has 0 saturated heterocycles. The quantitative estimate of drug-likeness (QED) is 0.392. The number of aliphatic hydroxyl groups is 3. The molecule has 0 fully saturated rings. The summed E-state index contributed by atoms with van der Waals surface area (Å²) in [6, 6.07) is 11.6. The van der Waals surface area contributed by atoms with Crippen LogP contribution in [0.1, 0.15) is 18.7 Å². The number of nitrogens with zero attached hydrogens (tertiary/aromatic N) is 3. The van der Waals surface area contributed by atoms with E-state index in [0.717, 1.165) is 5.56 Å². The molecule has 0 aliphatic carbocycles. The summed E-state index contributed by atoms with van der Waals surface area (Å²) in [5.74, 6) is -0.530. The summed E-state index contributed by atoms with van der Waals surface area (Å²) in [7, 11) is 1.41. The van der Waals surface area contributed by atoms with Crippen LogP contribution in [-0.2, 0) is 11.3 Å². The number of benzene rings is 1. The molecule has 0 amide bonds. The summed E-state index contributed by atoms with van der Waals surface area (Å²) in [5, 5.41) is 33.7. The molecular weight excluding hydrogens is 396 g/mol. The van der Waals surface area contributed by atoms with E-state index in [0.29, 0.717) is 23.4 Å². The van der Waals surface area contributed by atoms with Crippen molar-refractivity contribution in [1.82, 2.24) is 14.5 Å². The molecule has 4 atom stereocenters. The first-order valence-electron chi connectivity index (χ1n) is 9.27. The lowest BCUT2D eigenvalue weighted by Gasteiger charge is -2.29. The number of nitrogens with one attached hydrogen (secondary N) is 1. The second-order valence-electron chi connectivity index (χ2n) is 6.92. The molecule has 29 heavy (non-hydrogen) atoms. The molecule has 2 heterocycles. The van der Waals surface area contributed by atoms with E-state index in [1.54, 1.807) is 13.0 Å². The van der Waals surface area contributed by atoms with Crippen LogP contribution in [0.4, 0.5) is 5.69 Å². The van der Waals surface area contributed by atoms with E-state index >= 15 is 0 Å². The van der Waals surface area contributed by atoms with Gasteiger partial charge in [-0.15, -0.1) is 0 Å². The molecule has 0 radical (unpaired) electrons. The minimum atomic E-state index is -1.30. The average Bonchev–Trinajstić information content (AvgIpc) is 3.15. The molecular formula is C20H25ClN4O4. The fourth-order valence-corrected chi connectivity index (χ4v) is 3.31. The third-order valence-corrected chi connectivity index (χ3v) is 5.05. The van der Waals surface area contributed by atoms with E-state index in [9.17, 15) is 15.3 Å². The number of imidazole rings is 1. The highest BCUT2D eigenvalue weighted by Crippen LogP contribution is 2.29. The van der Waals surface area contributed by atoms with E-state index in [4.69, 9.17) is 16.3 Å². The normalized spacial score (nSPS) is 15.8. The Morgan fingerprint density at radius 3 is 2.59 bits per heavy atom. The van der Waals surface area contributed by atoms with Crippen molar-refractivity contribution in [2.24, 2.45) is 5.92 Å². The number of methoxy groups -OCH3 is 1. The number of hydrogen-bond donors (Lipinski definition) is 4. The van der Waals surface area contributed by atoms with Crippen LogP contribution in [0.3, 0.4) is 0 Å². The molecule has 3 unspecified atom stereocenters. The van der Waals surface area contributed by atoms with Crippen LogP contribution < -0.4 is 5.32 Å². The third kappa shape index (κ3) is 4.68. The molecule has 8 nitrogen and oxygen atoms in total. The van der Waals surface area contributed by atoms with Gasteiger partial charge in [0, 0.05) is 32.2 Å². The maximum absolute atomic E-state index is 10.6. The maximum atomic E-state index is 10.6. The standard InChI is InChI=1S/C20H25ClN4O4/c1-12(10-26)17(27)18(28)20(29-2)25-11-23-16-14(8-15(21)24-19(16)25)22-9-13-6-4-3-5-7-13/h3-8,11-12,17-18,20,26-28H,9-10H2,1-2H3,(H,22,24)/t12?,17?,18?,20-/m0/s1. The zero-order valence-electron chi connectivity index (χ0n) is 16.2. The van der Waals surface area contributed by atoms with E-state index < -0.39 is 24.4 Å². The van der Waals surface area contributed by atoms with Gasteiger partial charge in [-0.2, -0.15) is 0 Å². The smallest absolute Gasteiger partial charge is 0.165 e. The van der Waals surface area contributed by atoms with Crippen molar-refractivity contribution >= 4 is 28.5 Å². The van der Waals surface area contributed by atoms with Crippen LogP contribution in [0, 0.1) is 5.92 Å². The maximum Gasteiger partial charge on any atom is 0.165 e. The van der Waals surface area contributed by atoms with Crippen molar-refractivity contribution in [3.63, 3.8) is 0 Å². The number of halogens is 1. The summed E-state index contributed by atoms with van der Waals surface area (Å²) in [6.07, 6.45) is -1.98. The number of aromatic nitrogens is 3. The van der Waals surface area contributed by atoms with E-state index in [1.807, 2.05) is 30.3 Å². The van der Waals surface area contributed by atoms with Gasteiger partial charge in [0.25, 0.3) is 0 Å². The number of aliphatic hydroxyl groups excluding tert-OH is 3. The topological polar surface area (TPSA) is 113 Å². The van der Waals surface area contributed by atoms with E-state index in [-0.39, 0.29) is 11.8 Å². The molecule has 3 aromatic rings. The van der Waals surface area contributed by atoms with Gasteiger partial charge in [-0.3, -0.25) is 4.57 Å². The Kier molecular flexibility index (Phi) is 7.05. The Bertz CT molecular complexity index is 937. The van der Waals surface area contributed by atoms with Crippen LogP contribution in [0.5, 0.6) is 0 Å². The van der Waals surface area contributed by atoms with Crippen molar-refractivity contribution in [1.29, 1.82) is 0 Å². The third-order valence-electron chi connectivity index (χ3n) is 4.85. The van der Waals surface area contributed by atoms with Crippen LogP contribution in [0.2, 0.25) is 5.15 Å². The van der Waals surface area contributed by atoms with Gasteiger partial charge in [-0.25, -0.2) is 9.97 Å². The molecule has 0 saturated carbocycles. The largest absolute Gasteiger partial charge is 0.396 e. The van der Waals surface area contributed by atoms with Crippen LogP contribution in [0.15, 0.2) is 42.7 Å². The fraction of sp³-hybridized carbons (Fsp3) is 0.400. The molecule has 0 spiro atoms. The van der Waals surface area contributed by atoms with E-state index in [1.165, 1.54) is 18.0 Å². The monoisotopic (exact) mass is 420 g/mol. The lowest BCUT2D eigenvalue weighted by molar-refractivity contribution is -0.125. The molecule has 1 aromatic carbocycles. The first kappa shape index (κ1) is 21.5. The molecule has 156 valence electrons. The number of pyridine rings is 1. The van der Waals surface area contributed by atoms with Gasteiger partial charge >= 0.3 is 0 Å². The first-order chi connectivity index (χ1) is 14.0. The summed E-state index contributed by atoms with van der Waals surface area (Å²) in [4.78, 5) is 8.74. The number of rotatable bonds is 9. The van der Waals surface area contributed by atoms with Crippen molar-refractivity contribution in [3.05, 3.63) is 53.4 Å². The summed E-state index contributed by atoms with van der Waals surface area (Å²) in [6.45, 7) is 1.94. The number of hydrogen-bond acceptors (Lipinski definition) is 7. The van der Waals surface area contributed by atoms with Gasteiger partial charge in [0.15, 0.2) is 11.9 Å². The molecule has 0 aliphatic heterocycles. The van der Waals surface area contributed by atoms with Gasteiger partial charge in [-0.1, -0.05) is 48.9 Å². The van der Waals surface area contributed by atoms with Crippen LogP contribution in [-0.4, -0.2) is 55.8 Å². The van der Waals surface area contributed by atoms with Crippen molar-refractivity contribution in [2.75, 3.05) is 19.0 Å². The highest BCUT2D eigenvalue weighted by Gasteiger charge is 2.32. The number of anilines is 1. The summed E-state index contributed by atoms with van der Waals surface area (Å²) < 4.78 is 6.94. The lowest BCUT2D eigenvalue weighted by Crippen LogP contribution is -2.40. The van der Waals surface area contributed by atoms with Crippen molar-refractivity contribution < 1.29 is 20.1 Å². The second kappa shape index (κ2) is 9.51. The SMILES string of the molecule is CO[C@@H](C(O)C(O)C(C)CO)n1cnc2c(NCc3ccccc3)cc(Cl)nc21. The molecule has 2 aromatic heterocycles. The molecule has 3 rings (SSSR count). The first-order valence-corrected chi connectivity index (χ1v) is 9.64. The van der Waals surface area contributed by atoms with Crippen molar-refractivity contribution in [2.45, 2.75) is 31.9 Å². The Labute approximate surface area is 173 Å². The van der Waals surface area contributed by atoms with Gasteiger partial charge in [-0.05, 0) is 5.56 Å². The predicted molar refractivity (Wildman–Crippen MR) is 111 cm³/mol. The minimum absolute atomic E-state index is 0.253. The Balaban J connectivity index is 1.92. The van der Waals surface area contributed by atoms with Crippen LogP contribution >= 0.6 is 11.6 Å². The second-order valence-corrected chi connectivity index (χ2v) is 7.31. The van der Waals surface area contributed by atoms with Gasteiger partial charge in [0.1, 0.15) is 16.8 Å². The highest BCUT2D eigenvalue weighted by molar-refractivity contribution is 6.30. The molecule has 0 aliphatic rings. The minimum Gasteiger partial charge on any atom is -0.396 e. The lowest BCUT2D eigenvalue weighted by atomic mass is 9.99. The predicted octanol–water partition coefficient (Wildman–Crippen LogP) is 2.19. The van der Waals surface area contributed by atoms with E-state index in [2.05, 4.69) is 15.3 Å². The highest BCUT2D eigenvalue weighted by atomic mass is 35.5. The number of fused-ring (bicyclic) bond motifs is 1.